The number of hydrogen-bond donors (Lipinski definition) is 0. The van der Waals surface area contributed by atoms with Crippen LogP contribution in [0.4, 0.5) is 0 Å². The van der Waals surface area contributed by atoms with Crippen LogP contribution in [0.5, 0.6) is 0 Å². The van der Waals surface area contributed by atoms with Crippen molar-refractivity contribution in [3.8, 4) is 0 Å². The summed E-state index contributed by atoms with van der Waals surface area (Å²) in [6.45, 7) is 5.18. The quantitative estimate of drug-likeness (QED) is 0.297. The molecule has 0 aromatic rings. The Kier molecular flexibility index (Phi) is 7.15. The Bertz CT molecular complexity index is 683. The van der Waals surface area contributed by atoms with Crippen molar-refractivity contribution >= 4 is 37.0 Å². The van der Waals surface area contributed by atoms with Gasteiger partial charge in [-0.1, -0.05) is 0 Å². The SMILES string of the molecule is CC1CC2CC=CC=C2[CH]1[Hf]([CH3])([CH3])(=[GeH2])[CH]1C2=CC=CCC2CC1C.Cl.Cl. The molecule has 4 heteroatoms. The number of rotatable bonds is 2. The largest absolute Gasteiger partial charge is 0.147 e. The van der Waals surface area contributed by atoms with E-state index in [0.29, 0.717) is 0 Å². The average Bonchev–Trinajstić information content (AvgIpc) is 3.02. The number of fused-ring (bicyclic) bond motifs is 2. The van der Waals surface area contributed by atoms with Gasteiger partial charge in [0.1, 0.15) is 0 Å². The van der Waals surface area contributed by atoms with Crippen molar-refractivity contribution in [2.75, 3.05) is 0 Å². The van der Waals surface area contributed by atoms with Gasteiger partial charge in [0.15, 0.2) is 0 Å². The van der Waals surface area contributed by atoms with E-state index in [1.54, 1.807) is 12.2 Å². The van der Waals surface area contributed by atoms with E-state index in [-0.39, 0.29) is 24.8 Å². The van der Waals surface area contributed by atoms with Crippen LogP contribution >= 0.6 is 24.8 Å². The Labute approximate surface area is 178 Å². The van der Waals surface area contributed by atoms with E-state index >= 15 is 0 Å². The molecule has 6 unspecified atom stereocenters. The summed E-state index contributed by atoms with van der Waals surface area (Å²) in [6, 6.07) is 0. The Morgan fingerprint density at radius 3 is 1.58 bits per heavy atom. The molecule has 0 N–H and O–H groups in total. The Hall–Kier alpha value is 0.953. The predicted molar refractivity (Wildman–Crippen MR) is 120 cm³/mol. The maximum atomic E-state index is 2.88. The maximum absolute atomic E-state index is 2.97. The third kappa shape index (κ3) is 3.61. The van der Waals surface area contributed by atoms with E-state index in [1.165, 1.54) is 25.7 Å². The first-order chi connectivity index (χ1) is 11.3. The van der Waals surface area contributed by atoms with Crippen molar-refractivity contribution in [3.63, 3.8) is 0 Å². The molecule has 26 heavy (non-hydrogen) atoms. The van der Waals surface area contributed by atoms with Crippen molar-refractivity contribution in [2.24, 2.45) is 23.7 Å². The number of hydrogen-bond acceptors (Lipinski definition) is 0. The van der Waals surface area contributed by atoms with Crippen LogP contribution in [-0.4, -0.2) is 12.2 Å². The van der Waals surface area contributed by atoms with E-state index in [2.05, 4.69) is 59.7 Å². The summed E-state index contributed by atoms with van der Waals surface area (Å²) in [7, 11) is 0. The van der Waals surface area contributed by atoms with Crippen molar-refractivity contribution in [1.29, 1.82) is 0 Å². The molecule has 4 aliphatic rings. The van der Waals surface area contributed by atoms with Gasteiger partial charge < -0.3 is 0 Å². The van der Waals surface area contributed by atoms with E-state index < -0.39 is 15.4 Å². The molecule has 2 saturated carbocycles. The summed E-state index contributed by atoms with van der Waals surface area (Å²) in [6.07, 6.45) is 20.2. The Morgan fingerprint density at radius 2 is 1.19 bits per heavy atom. The van der Waals surface area contributed by atoms with Gasteiger partial charge in [-0.25, -0.2) is 0 Å². The first-order valence-corrected chi connectivity index (χ1v) is 36.1. The second-order valence-corrected chi connectivity index (χ2v) is 74.3. The average molecular weight is 623 g/mol. The molecule has 2 fully saturated rings. The van der Waals surface area contributed by atoms with E-state index in [4.69, 9.17) is 0 Å². The Balaban J connectivity index is 0.00000121. The van der Waals surface area contributed by atoms with Gasteiger partial charge in [-0.15, -0.1) is 24.8 Å². The second-order valence-electron chi connectivity index (χ2n) is 10.4. The van der Waals surface area contributed by atoms with Gasteiger partial charge in [-0.05, 0) is 0 Å². The van der Waals surface area contributed by atoms with Gasteiger partial charge in [-0.3, -0.25) is 0 Å². The van der Waals surface area contributed by atoms with Crippen molar-refractivity contribution < 1.29 is 15.4 Å². The molecule has 0 saturated heterocycles. The standard InChI is InChI=1S/2C10H13.2CH3.2ClH.GeH2.Hf/c2*1-8-6-9-4-2-3-5-10(9)7-8;;;;;;/h2*2-4,6,8,10H,5,7H2,1H3;2*1H3;2*1H;1H2;. The molecule has 146 valence electrons. The normalized spacial score (nSPS) is 38.5. The molecule has 0 nitrogen and oxygen atoms in total. The minimum absolute atomic E-state index is 0. The zero-order chi connectivity index (χ0) is 17.1. The summed E-state index contributed by atoms with van der Waals surface area (Å²) in [5.41, 5.74) is 3.78. The van der Waals surface area contributed by atoms with Crippen LogP contribution in [0.2, 0.25) is 16.7 Å². The van der Waals surface area contributed by atoms with E-state index in [0.717, 1.165) is 31.0 Å². The van der Waals surface area contributed by atoms with Crippen molar-refractivity contribution in [2.45, 2.75) is 56.2 Å². The van der Waals surface area contributed by atoms with Crippen LogP contribution in [0.25, 0.3) is 0 Å². The second kappa shape index (κ2) is 8.00. The molecule has 6 atom stereocenters. The molecule has 0 bridgehead atoms. The summed E-state index contributed by atoms with van der Waals surface area (Å²) in [5, 5.41) is 0. The minimum Gasteiger partial charge on any atom is -0.147 e. The molecule has 4 rings (SSSR count). The van der Waals surface area contributed by atoms with E-state index in [9.17, 15) is 0 Å². The molecular formula is C22H36Cl2GeHf. The molecule has 0 aromatic heterocycles. The molecule has 0 radical (unpaired) electrons. The molecule has 0 spiro atoms. The van der Waals surface area contributed by atoms with Crippen LogP contribution in [0.15, 0.2) is 47.6 Å². The van der Waals surface area contributed by atoms with Crippen LogP contribution in [-0.2, 0) is 15.4 Å². The first-order valence-electron chi connectivity index (χ1n) is 10.1. The first kappa shape index (κ1) is 23.2. The van der Waals surface area contributed by atoms with Gasteiger partial charge >= 0.3 is 155 Å². The summed E-state index contributed by atoms with van der Waals surface area (Å²) in [5.74, 6) is 3.60. The topological polar surface area (TPSA) is 0 Å². The fourth-order valence-electron chi connectivity index (χ4n) is 7.55. The molecular weight excluding hydrogens is 586 g/mol. The van der Waals surface area contributed by atoms with Crippen LogP contribution < -0.4 is 0 Å². The van der Waals surface area contributed by atoms with Gasteiger partial charge in [0.2, 0.25) is 0 Å². The van der Waals surface area contributed by atoms with Crippen LogP contribution in [0.3, 0.4) is 0 Å². The summed E-state index contributed by atoms with van der Waals surface area (Å²) >= 11 is -1.35. The van der Waals surface area contributed by atoms with Gasteiger partial charge in [-0.2, -0.15) is 0 Å². The monoisotopic (exact) mass is 624 g/mol. The van der Waals surface area contributed by atoms with Gasteiger partial charge in [0.05, 0.1) is 0 Å². The molecule has 0 amide bonds. The van der Waals surface area contributed by atoms with Gasteiger partial charge in [0.25, 0.3) is 0 Å². The molecule has 0 aromatic carbocycles. The zero-order valence-electron chi connectivity index (χ0n) is 16.8. The third-order valence-electron chi connectivity index (χ3n) is 7.85. The van der Waals surface area contributed by atoms with Crippen LogP contribution in [0, 0.1) is 23.7 Å². The summed E-state index contributed by atoms with van der Waals surface area (Å²) in [4.78, 5) is 0. The van der Waals surface area contributed by atoms with Crippen LogP contribution in [0.1, 0.15) is 39.5 Å². The van der Waals surface area contributed by atoms with E-state index in [1.807, 2.05) is 11.1 Å². The van der Waals surface area contributed by atoms with Crippen molar-refractivity contribution in [3.05, 3.63) is 47.6 Å². The predicted octanol–water partition coefficient (Wildman–Crippen LogP) is 6.83. The maximum Gasteiger partial charge on any atom is -0.147 e. The fourth-order valence-corrected chi connectivity index (χ4v) is 55.5. The summed E-state index contributed by atoms with van der Waals surface area (Å²) < 4.78 is 7.72. The van der Waals surface area contributed by atoms with Gasteiger partial charge in [0, 0.05) is 0 Å². The minimum atomic E-state index is -2.97. The number of allylic oxidation sites excluding steroid dienone is 8. The molecule has 0 heterocycles. The zero-order valence-corrected chi connectivity index (χ0v) is 25.0. The third-order valence-corrected chi connectivity index (χ3v) is 44.1. The van der Waals surface area contributed by atoms with Crippen molar-refractivity contribution in [1.82, 2.24) is 0 Å². The molecule has 4 aliphatic carbocycles. The Morgan fingerprint density at radius 1 is 0.808 bits per heavy atom. The fraction of sp³-hybridized carbons (Fsp3) is 0.636. The smallest absolute Gasteiger partial charge is 0.147 e. The molecule has 0 aliphatic heterocycles. The number of halogens is 2.